The Kier molecular flexibility index (Phi) is 6.78. The van der Waals surface area contributed by atoms with E-state index in [1.165, 1.54) is 55.6 Å². The largest absolute Gasteiger partial charge is 0.352 e. The first-order valence-corrected chi connectivity index (χ1v) is 9.62. The van der Waals surface area contributed by atoms with Crippen molar-refractivity contribution in [3.63, 3.8) is 0 Å². The third kappa shape index (κ3) is 5.67. The number of benzene rings is 2. The normalized spacial score (nSPS) is 15.0. The van der Waals surface area contributed by atoms with Crippen LogP contribution in [0.15, 0.2) is 48.5 Å². The molecule has 0 bridgehead atoms. The average Bonchev–Trinajstić information content (AvgIpc) is 2.68. The molecule has 0 unspecified atom stereocenters. The SMILES string of the molecule is O=C(CCc1ccc(F)cc1)NCc1ccccc1C[NH+]1CCCCC1. The topological polar surface area (TPSA) is 33.5 Å². The number of amides is 1. The highest BCUT2D eigenvalue weighted by Gasteiger charge is 2.15. The van der Waals surface area contributed by atoms with Gasteiger partial charge in [0.2, 0.25) is 5.91 Å². The lowest BCUT2D eigenvalue weighted by molar-refractivity contribution is -0.918. The van der Waals surface area contributed by atoms with E-state index in [2.05, 4.69) is 23.5 Å². The summed E-state index contributed by atoms with van der Waals surface area (Å²) < 4.78 is 12.9. The van der Waals surface area contributed by atoms with Crippen molar-refractivity contribution >= 4 is 5.91 Å². The van der Waals surface area contributed by atoms with E-state index < -0.39 is 0 Å². The van der Waals surface area contributed by atoms with Crippen LogP contribution in [0.4, 0.5) is 4.39 Å². The zero-order chi connectivity index (χ0) is 18.2. The van der Waals surface area contributed by atoms with Gasteiger partial charge in [-0.3, -0.25) is 4.79 Å². The van der Waals surface area contributed by atoms with Gasteiger partial charge in [-0.2, -0.15) is 0 Å². The zero-order valence-corrected chi connectivity index (χ0v) is 15.3. The van der Waals surface area contributed by atoms with Crippen LogP contribution in [0.3, 0.4) is 0 Å². The Morgan fingerprint density at radius 2 is 1.65 bits per heavy atom. The average molecular weight is 355 g/mol. The van der Waals surface area contributed by atoms with Gasteiger partial charge in [-0.1, -0.05) is 36.4 Å². The first-order valence-electron chi connectivity index (χ1n) is 9.62. The molecule has 2 aromatic carbocycles. The van der Waals surface area contributed by atoms with Crippen LogP contribution in [-0.4, -0.2) is 19.0 Å². The molecule has 1 aliphatic heterocycles. The standard InChI is InChI=1S/C22H27FN2O/c23-21-11-8-18(9-12-21)10-13-22(26)24-16-19-6-2-3-7-20(19)17-25-14-4-1-5-15-25/h2-3,6-9,11-12H,1,4-5,10,13-17H2,(H,24,26)/p+1. The molecule has 0 radical (unpaired) electrons. The molecule has 1 aliphatic rings. The Balaban J connectivity index is 1.49. The Morgan fingerprint density at radius 1 is 0.962 bits per heavy atom. The maximum atomic E-state index is 12.9. The number of hydrogen-bond acceptors (Lipinski definition) is 1. The van der Waals surface area contributed by atoms with Crippen LogP contribution in [0.2, 0.25) is 0 Å². The Labute approximate surface area is 155 Å². The van der Waals surface area contributed by atoms with Gasteiger partial charge in [-0.15, -0.1) is 0 Å². The molecule has 138 valence electrons. The smallest absolute Gasteiger partial charge is 0.220 e. The molecule has 1 saturated heterocycles. The van der Waals surface area contributed by atoms with Crippen molar-refractivity contribution in [2.45, 2.75) is 45.2 Å². The van der Waals surface area contributed by atoms with Crippen molar-refractivity contribution in [1.82, 2.24) is 5.32 Å². The second kappa shape index (κ2) is 9.48. The summed E-state index contributed by atoms with van der Waals surface area (Å²) in [6, 6.07) is 14.8. The van der Waals surface area contributed by atoms with Crippen LogP contribution in [0.1, 0.15) is 42.4 Å². The quantitative estimate of drug-likeness (QED) is 0.787. The maximum absolute atomic E-state index is 12.9. The van der Waals surface area contributed by atoms with Gasteiger partial charge >= 0.3 is 0 Å². The van der Waals surface area contributed by atoms with Gasteiger partial charge < -0.3 is 10.2 Å². The van der Waals surface area contributed by atoms with Gasteiger partial charge in [0.1, 0.15) is 12.4 Å². The molecule has 1 heterocycles. The summed E-state index contributed by atoms with van der Waals surface area (Å²) in [5, 5.41) is 3.04. The number of aryl methyl sites for hydroxylation is 1. The molecule has 26 heavy (non-hydrogen) atoms. The molecule has 2 aromatic rings. The minimum atomic E-state index is -0.245. The minimum Gasteiger partial charge on any atom is -0.352 e. The molecule has 0 spiro atoms. The summed E-state index contributed by atoms with van der Waals surface area (Å²) in [6.07, 6.45) is 5.04. The predicted molar refractivity (Wildman–Crippen MR) is 101 cm³/mol. The van der Waals surface area contributed by atoms with Gasteiger partial charge in [0, 0.05) is 18.5 Å². The Hall–Kier alpha value is -2.20. The van der Waals surface area contributed by atoms with Gasteiger partial charge in [0.15, 0.2) is 0 Å². The van der Waals surface area contributed by atoms with Crippen molar-refractivity contribution in [2.75, 3.05) is 13.1 Å². The van der Waals surface area contributed by atoms with Crippen molar-refractivity contribution in [3.8, 4) is 0 Å². The van der Waals surface area contributed by atoms with E-state index in [4.69, 9.17) is 0 Å². The van der Waals surface area contributed by atoms with Crippen molar-refractivity contribution in [2.24, 2.45) is 0 Å². The molecular formula is C22H28FN2O+. The third-order valence-corrected chi connectivity index (χ3v) is 5.15. The van der Waals surface area contributed by atoms with Crippen LogP contribution in [0.25, 0.3) is 0 Å². The van der Waals surface area contributed by atoms with Crippen molar-refractivity contribution < 1.29 is 14.1 Å². The number of rotatable bonds is 7. The van der Waals surface area contributed by atoms with E-state index in [-0.39, 0.29) is 11.7 Å². The number of quaternary nitrogens is 1. The number of carbonyl (C=O) groups excluding carboxylic acids is 1. The summed E-state index contributed by atoms with van der Waals surface area (Å²) in [5.74, 6) is -0.208. The highest BCUT2D eigenvalue weighted by atomic mass is 19.1. The van der Waals surface area contributed by atoms with Crippen LogP contribution in [-0.2, 0) is 24.3 Å². The number of carbonyl (C=O) groups is 1. The third-order valence-electron chi connectivity index (χ3n) is 5.15. The van der Waals surface area contributed by atoms with E-state index in [9.17, 15) is 9.18 Å². The maximum Gasteiger partial charge on any atom is 0.220 e. The number of halogens is 1. The lowest BCUT2D eigenvalue weighted by atomic mass is 10.0. The first-order chi connectivity index (χ1) is 12.7. The Bertz CT molecular complexity index is 708. The zero-order valence-electron chi connectivity index (χ0n) is 15.3. The number of hydrogen-bond donors (Lipinski definition) is 2. The highest BCUT2D eigenvalue weighted by Crippen LogP contribution is 2.09. The molecule has 1 fully saturated rings. The predicted octanol–water partition coefficient (Wildman–Crippen LogP) is 2.64. The van der Waals surface area contributed by atoms with Gasteiger partial charge in [0.25, 0.3) is 0 Å². The van der Waals surface area contributed by atoms with E-state index in [0.29, 0.717) is 19.4 Å². The highest BCUT2D eigenvalue weighted by molar-refractivity contribution is 5.76. The van der Waals surface area contributed by atoms with E-state index in [1.54, 1.807) is 17.0 Å². The molecule has 4 heteroatoms. The number of piperidine rings is 1. The van der Waals surface area contributed by atoms with Crippen molar-refractivity contribution in [1.29, 1.82) is 0 Å². The molecule has 0 aromatic heterocycles. The molecule has 0 atom stereocenters. The molecule has 3 nitrogen and oxygen atoms in total. The van der Waals surface area contributed by atoms with Gasteiger partial charge in [-0.25, -0.2) is 4.39 Å². The summed E-state index contributed by atoms with van der Waals surface area (Å²) in [7, 11) is 0. The monoisotopic (exact) mass is 355 g/mol. The van der Waals surface area contributed by atoms with Crippen LogP contribution in [0.5, 0.6) is 0 Å². The fourth-order valence-electron chi connectivity index (χ4n) is 3.59. The minimum absolute atomic E-state index is 0.0365. The first kappa shape index (κ1) is 18.6. The summed E-state index contributed by atoms with van der Waals surface area (Å²) in [6.45, 7) is 4.12. The molecule has 0 aliphatic carbocycles. The van der Waals surface area contributed by atoms with E-state index in [1.807, 2.05) is 6.07 Å². The summed E-state index contributed by atoms with van der Waals surface area (Å²) >= 11 is 0. The van der Waals surface area contributed by atoms with Gasteiger partial charge in [-0.05, 0) is 48.9 Å². The summed E-state index contributed by atoms with van der Waals surface area (Å²) in [5.41, 5.74) is 3.53. The molecule has 3 rings (SSSR count). The van der Waals surface area contributed by atoms with Crippen LogP contribution in [0, 0.1) is 5.82 Å². The second-order valence-corrected chi connectivity index (χ2v) is 7.16. The fourth-order valence-corrected chi connectivity index (χ4v) is 3.59. The molecule has 0 saturated carbocycles. The van der Waals surface area contributed by atoms with Crippen LogP contribution >= 0.6 is 0 Å². The van der Waals surface area contributed by atoms with E-state index in [0.717, 1.165) is 12.1 Å². The number of nitrogens with one attached hydrogen (secondary N) is 2. The molecule has 1 amide bonds. The lowest BCUT2D eigenvalue weighted by Crippen LogP contribution is -3.11. The lowest BCUT2D eigenvalue weighted by Gasteiger charge is -2.24. The molecular weight excluding hydrogens is 327 g/mol. The summed E-state index contributed by atoms with van der Waals surface area (Å²) in [4.78, 5) is 13.8. The Morgan fingerprint density at radius 3 is 2.38 bits per heavy atom. The van der Waals surface area contributed by atoms with E-state index >= 15 is 0 Å². The fraction of sp³-hybridized carbons (Fsp3) is 0.409. The molecule has 2 N–H and O–H groups in total. The van der Waals surface area contributed by atoms with Crippen LogP contribution < -0.4 is 10.2 Å². The number of likely N-dealkylation sites (tertiary alicyclic amines) is 1. The van der Waals surface area contributed by atoms with Crippen molar-refractivity contribution in [3.05, 3.63) is 71.0 Å². The second-order valence-electron chi connectivity index (χ2n) is 7.16. The van der Waals surface area contributed by atoms with Gasteiger partial charge in [0.05, 0.1) is 13.1 Å².